The molecule has 5 heteroatoms. The van der Waals surface area contributed by atoms with Gasteiger partial charge in [-0.1, -0.05) is 6.58 Å². The largest absolute Gasteiger partial charge is 0.469 e. The van der Waals surface area contributed by atoms with E-state index in [0.717, 1.165) is 44.1 Å². The van der Waals surface area contributed by atoms with Gasteiger partial charge >= 0.3 is 11.9 Å². The van der Waals surface area contributed by atoms with Gasteiger partial charge < -0.3 is 14.6 Å². The van der Waals surface area contributed by atoms with E-state index in [2.05, 4.69) is 6.58 Å². The molecule has 4 bridgehead atoms. The van der Waals surface area contributed by atoms with E-state index in [4.69, 9.17) is 9.47 Å². The Balaban J connectivity index is 1.77. The molecule has 8 atom stereocenters. The lowest BCUT2D eigenvalue weighted by molar-refractivity contribution is -0.165. The van der Waals surface area contributed by atoms with Gasteiger partial charge in [0.15, 0.2) is 0 Å². The van der Waals surface area contributed by atoms with Crippen molar-refractivity contribution in [3.8, 4) is 0 Å². The molecule has 0 radical (unpaired) electrons. The summed E-state index contributed by atoms with van der Waals surface area (Å²) in [6, 6.07) is 0. The molecule has 0 unspecified atom stereocenters. The summed E-state index contributed by atoms with van der Waals surface area (Å²) in [5, 5.41) is 11.2. The number of hydrogen-bond donors (Lipinski definition) is 1. The van der Waals surface area contributed by atoms with E-state index in [0.29, 0.717) is 0 Å². The van der Waals surface area contributed by atoms with E-state index < -0.39 is 28.5 Å². The molecule has 0 amide bonds. The number of aliphatic hydroxyl groups excluding tert-OH is 1. The average Bonchev–Trinajstić information content (AvgIpc) is 3.01. The molecule has 136 valence electrons. The van der Waals surface area contributed by atoms with Crippen LogP contribution in [-0.4, -0.2) is 35.9 Å². The van der Waals surface area contributed by atoms with Crippen molar-refractivity contribution in [3.63, 3.8) is 0 Å². The molecule has 5 fully saturated rings. The Morgan fingerprint density at radius 3 is 2.84 bits per heavy atom. The summed E-state index contributed by atoms with van der Waals surface area (Å²) in [7, 11) is 1.41. The highest BCUT2D eigenvalue weighted by molar-refractivity contribution is 5.85. The van der Waals surface area contributed by atoms with Crippen molar-refractivity contribution in [1.82, 2.24) is 0 Å². The van der Waals surface area contributed by atoms with Crippen LogP contribution in [-0.2, 0) is 19.1 Å². The van der Waals surface area contributed by atoms with Gasteiger partial charge in [-0.25, -0.2) is 0 Å². The van der Waals surface area contributed by atoms with Crippen LogP contribution in [0.2, 0.25) is 0 Å². The molecular formula is C20H26O5. The van der Waals surface area contributed by atoms with Crippen molar-refractivity contribution >= 4 is 11.9 Å². The highest BCUT2D eigenvalue weighted by Gasteiger charge is 2.83. The Morgan fingerprint density at radius 2 is 2.12 bits per heavy atom. The molecule has 0 aromatic heterocycles. The number of rotatable bonds is 1. The van der Waals surface area contributed by atoms with Crippen molar-refractivity contribution in [1.29, 1.82) is 0 Å². The summed E-state index contributed by atoms with van der Waals surface area (Å²) in [5.74, 6) is -0.859. The molecule has 1 heterocycles. The summed E-state index contributed by atoms with van der Waals surface area (Å²) in [6.07, 6.45) is 4.37. The molecular weight excluding hydrogens is 320 g/mol. The Bertz CT molecular complexity index is 700. The Hall–Kier alpha value is -1.36. The predicted molar refractivity (Wildman–Crippen MR) is 88.2 cm³/mol. The highest BCUT2D eigenvalue weighted by atomic mass is 16.6. The fourth-order valence-electron chi connectivity index (χ4n) is 7.83. The number of carbonyl (C=O) groups excluding carboxylic acids is 2. The first-order valence-corrected chi connectivity index (χ1v) is 9.51. The van der Waals surface area contributed by atoms with E-state index in [9.17, 15) is 14.7 Å². The number of methoxy groups -OCH3 is 1. The monoisotopic (exact) mass is 346 g/mol. The first kappa shape index (κ1) is 15.9. The molecule has 1 spiro atoms. The van der Waals surface area contributed by atoms with E-state index in [1.54, 1.807) is 0 Å². The zero-order chi connectivity index (χ0) is 17.8. The molecule has 25 heavy (non-hydrogen) atoms. The molecule has 1 saturated heterocycles. The lowest BCUT2D eigenvalue weighted by Gasteiger charge is -2.44. The van der Waals surface area contributed by atoms with Crippen molar-refractivity contribution < 1.29 is 24.2 Å². The first-order chi connectivity index (χ1) is 11.8. The van der Waals surface area contributed by atoms with E-state index >= 15 is 0 Å². The van der Waals surface area contributed by atoms with Gasteiger partial charge in [0.05, 0.1) is 24.5 Å². The number of hydrogen-bond acceptors (Lipinski definition) is 5. The zero-order valence-electron chi connectivity index (χ0n) is 14.9. The van der Waals surface area contributed by atoms with Crippen LogP contribution < -0.4 is 0 Å². The Labute approximate surface area is 147 Å². The molecule has 1 N–H and O–H groups in total. The maximum Gasteiger partial charge on any atom is 0.312 e. The van der Waals surface area contributed by atoms with Crippen LogP contribution in [0.1, 0.15) is 45.4 Å². The fourth-order valence-corrected chi connectivity index (χ4v) is 7.83. The quantitative estimate of drug-likeness (QED) is 0.582. The molecule has 0 aromatic rings. The second kappa shape index (κ2) is 4.48. The predicted octanol–water partition coefficient (Wildman–Crippen LogP) is 2.22. The topological polar surface area (TPSA) is 72.8 Å². The van der Waals surface area contributed by atoms with Gasteiger partial charge in [-0.2, -0.15) is 0 Å². The number of aliphatic hydroxyl groups is 1. The SMILES string of the molecule is C=C1[C@@H]2CC[C@@H]3[C@@]45CCC[C@@](C)(C(=O)O4)[C@H]5[C@H](C(=O)OC)[C@]3(C2)[C@@H]1O. The van der Waals surface area contributed by atoms with Gasteiger partial charge in [0.2, 0.25) is 0 Å². The molecule has 5 aliphatic rings. The minimum absolute atomic E-state index is 0.0191. The standard InChI is InChI=1S/C20H26O5/c1-10-11-5-6-12-19(9-11,15(10)21)13(16(22)24-3)14-18(2)7-4-8-20(12,14)25-17(18)23/h11-15,21H,1,4-9H2,2-3H3/t11-,12+,13-,14-,15-,18-,19-,20-/m1/s1. The van der Waals surface area contributed by atoms with Gasteiger partial charge in [-0.3, -0.25) is 9.59 Å². The smallest absolute Gasteiger partial charge is 0.312 e. The van der Waals surface area contributed by atoms with Gasteiger partial charge in [-0.05, 0) is 56.9 Å². The van der Waals surface area contributed by atoms with E-state index in [1.807, 2.05) is 6.92 Å². The lowest BCUT2D eigenvalue weighted by atomic mass is 9.60. The summed E-state index contributed by atoms with van der Waals surface area (Å²) >= 11 is 0. The summed E-state index contributed by atoms with van der Waals surface area (Å²) < 4.78 is 11.4. The third kappa shape index (κ3) is 1.45. The van der Waals surface area contributed by atoms with Crippen LogP contribution in [0, 0.1) is 34.5 Å². The van der Waals surface area contributed by atoms with Crippen LogP contribution in [0.4, 0.5) is 0 Å². The van der Waals surface area contributed by atoms with Gasteiger partial charge in [0.1, 0.15) is 5.60 Å². The fraction of sp³-hybridized carbons (Fsp3) is 0.800. The second-order valence-corrected chi connectivity index (χ2v) is 9.21. The minimum Gasteiger partial charge on any atom is -0.469 e. The Kier molecular flexibility index (Phi) is 2.84. The summed E-state index contributed by atoms with van der Waals surface area (Å²) in [4.78, 5) is 25.8. The number of esters is 2. The van der Waals surface area contributed by atoms with Crippen LogP contribution in [0.25, 0.3) is 0 Å². The molecule has 4 saturated carbocycles. The third-order valence-electron chi connectivity index (χ3n) is 8.62. The molecule has 5 nitrogen and oxygen atoms in total. The van der Waals surface area contributed by atoms with Crippen molar-refractivity contribution in [2.24, 2.45) is 34.5 Å². The molecule has 4 aliphatic carbocycles. The zero-order valence-corrected chi connectivity index (χ0v) is 14.9. The van der Waals surface area contributed by atoms with Gasteiger partial charge in [0, 0.05) is 17.3 Å². The first-order valence-electron chi connectivity index (χ1n) is 9.51. The van der Waals surface area contributed by atoms with Crippen molar-refractivity contribution in [2.45, 2.75) is 57.2 Å². The second-order valence-electron chi connectivity index (χ2n) is 9.21. The maximum atomic E-state index is 13.0. The van der Waals surface area contributed by atoms with Crippen molar-refractivity contribution in [2.75, 3.05) is 7.11 Å². The summed E-state index contributed by atoms with van der Waals surface area (Å²) in [6.45, 7) is 6.11. The van der Waals surface area contributed by atoms with E-state index in [-0.39, 0.29) is 29.7 Å². The number of carbonyl (C=O) groups is 2. The summed E-state index contributed by atoms with van der Waals surface area (Å²) in [5.41, 5.74) is -0.981. The number of fused-ring (bicyclic) bond motifs is 1. The van der Waals surface area contributed by atoms with Crippen LogP contribution in [0.5, 0.6) is 0 Å². The third-order valence-corrected chi connectivity index (χ3v) is 8.62. The van der Waals surface area contributed by atoms with Crippen LogP contribution >= 0.6 is 0 Å². The van der Waals surface area contributed by atoms with Crippen molar-refractivity contribution in [3.05, 3.63) is 12.2 Å². The Morgan fingerprint density at radius 1 is 1.36 bits per heavy atom. The maximum absolute atomic E-state index is 13.0. The highest BCUT2D eigenvalue weighted by Crippen LogP contribution is 2.77. The normalized spacial score (nSPS) is 55.6. The number of ether oxygens (including phenoxy) is 2. The van der Waals surface area contributed by atoms with E-state index in [1.165, 1.54) is 7.11 Å². The van der Waals surface area contributed by atoms with Gasteiger partial charge in [-0.15, -0.1) is 0 Å². The lowest BCUT2D eigenvalue weighted by Crippen LogP contribution is -2.48. The molecule has 0 aromatic carbocycles. The van der Waals surface area contributed by atoms with Crippen LogP contribution in [0.3, 0.4) is 0 Å². The minimum atomic E-state index is -0.711. The molecule has 1 aliphatic heterocycles. The van der Waals surface area contributed by atoms with Crippen LogP contribution in [0.15, 0.2) is 12.2 Å². The van der Waals surface area contributed by atoms with Gasteiger partial charge in [0.25, 0.3) is 0 Å². The molecule has 5 rings (SSSR count). The average molecular weight is 346 g/mol.